The summed E-state index contributed by atoms with van der Waals surface area (Å²) in [5.41, 5.74) is 3.73. The summed E-state index contributed by atoms with van der Waals surface area (Å²) >= 11 is 3.84. The molecule has 0 aliphatic carbocycles. The average molecular weight is 328 g/mol. The van der Waals surface area contributed by atoms with Crippen molar-refractivity contribution >= 4 is 41.1 Å². The first kappa shape index (κ1) is 15.3. The maximum Gasteiger partial charge on any atom is 0.335 e. The van der Waals surface area contributed by atoms with E-state index in [-0.39, 0.29) is 0 Å². The minimum atomic E-state index is -0.892. The van der Waals surface area contributed by atoms with Crippen LogP contribution >= 0.6 is 23.5 Å². The van der Waals surface area contributed by atoms with Crippen LogP contribution in [0.4, 0.5) is 0 Å². The molecule has 0 unspecified atom stereocenters. The van der Waals surface area contributed by atoms with Crippen LogP contribution in [0.1, 0.15) is 28.4 Å². The SMILES string of the molecule is C/C(=C\c1ccc(C(=O)O)cc1)c1ccc2c(c1)SCCS2. The van der Waals surface area contributed by atoms with Crippen molar-refractivity contribution in [3.05, 3.63) is 59.2 Å². The number of carboxylic acids is 1. The number of carbonyl (C=O) groups is 1. The van der Waals surface area contributed by atoms with Crippen LogP contribution in [0.3, 0.4) is 0 Å². The van der Waals surface area contributed by atoms with Crippen molar-refractivity contribution in [2.75, 3.05) is 11.5 Å². The fraction of sp³-hybridized carbons (Fsp3) is 0.167. The summed E-state index contributed by atoms with van der Waals surface area (Å²) in [6.45, 7) is 2.09. The third-order valence-corrected chi connectivity index (χ3v) is 6.06. The van der Waals surface area contributed by atoms with E-state index < -0.39 is 5.97 Å². The van der Waals surface area contributed by atoms with Gasteiger partial charge in [-0.15, -0.1) is 23.5 Å². The van der Waals surface area contributed by atoms with Gasteiger partial charge in [0.2, 0.25) is 0 Å². The highest BCUT2D eigenvalue weighted by atomic mass is 32.2. The highest BCUT2D eigenvalue weighted by Gasteiger charge is 2.11. The number of hydrogen-bond acceptors (Lipinski definition) is 3. The number of allylic oxidation sites excluding steroid dienone is 1. The molecule has 0 atom stereocenters. The summed E-state index contributed by atoms with van der Waals surface area (Å²) in [7, 11) is 0. The highest BCUT2D eigenvalue weighted by molar-refractivity contribution is 8.05. The predicted molar refractivity (Wildman–Crippen MR) is 94.8 cm³/mol. The molecular formula is C18H16O2S2. The number of carboxylic acid groups (broad SMARTS) is 1. The van der Waals surface area contributed by atoms with Gasteiger partial charge < -0.3 is 5.11 Å². The number of benzene rings is 2. The molecule has 112 valence electrons. The first-order valence-electron chi connectivity index (χ1n) is 7.05. The Bertz CT molecular complexity index is 733. The maximum absolute atomic E-state index is 10.9. The van der Waals surface area contributed by atoms with Crippen LogP contribution in [-0.2, 0) is 0 Å². The molecule has 2 aromatic carbocycles. The minimum Gasteiger partial charge on any atom is -0.478 e. The molecule has 0 saturated heterocycles. The van der Waals surface area contributed by atoms with Crippen molar-refractivity contribution < 1.29 is 9.90 Å². The molecule has 2 nitrogen and oxygen atoms in total. The molecular weight excluding hydrogens is 312 g/mol. The third-order valence-electron chi connectivity index (χ3n) is 3.54. The molecule has 2 aromatic rings. The summed E-state index contributed by atoms with van der Waals surface area (Å²) < 4.78 is 0. The largest absolute Gasteiger partial charge is 0.478 e. The fourth-order valence-electron chi connectivity index (χ4n) is 2.34. The zero-order valence-corrected chi connectivity index (χ0v) is 13.8. The van der Waals surface area contributed by atoms with Gasteiger partial charge in [0.15, 0.2) is 0 Å². The monoisotopic (exact) mass is 328 g/mol. The molecule has 3 rings (SSSR count). The first-order chi connectivity index (χ1) is 10.6. The van der Waals surface area contributed by atoms with Gasteiger partial charge in [-0.1, -0.05) is 24.3 Å². The van der Waals surface area contributed by atoms with E-state index in [1.165, 1.54) is 32.4 Å². The van der Waals surface area contributed by atoms with Crippen molar-refractivity contribution in [2.45, 2.75) is 16.7 Å². The van der Waals surface area contributed by atoms with Gasteiger partial charge in [0, 0.05) is 21.3 Å². The standard InChI is InChI=1S/C18H16O2S2/c1-12(10-13-2-4-14(5-3-13)18(19)20)15-6-7-16-17(11-15)22-9-8-21-16/h2-7,10-11H,8-9H2,1H3,(H,19,20)/b12-10+. The van der Waals surface area contributed by atoms with E-state index in [0.717, 1.165) is 5.56 Å². The lowest BCUT2D eigenvalue weighted by atomic mass is 10.0. The van der Waals surface area contributed by atoms with Gasteiger partial charge in [-0.2, -0.15) is 0 Å². The van der Waals surface area contributed by atoms with Crippen molar-refractivity contribution in [3.8, 4) is 0 Å². The summed E-state index contributed by atoms with van der Waals surface area (Å²) in [5.74, 6) is 1.46. The van der Waals surface area contributed by atoms with E-state index in [1.54, 1.807) is 12.1 Å². The molecule has 0 amide bonds. The van der Waals surface area contributed by atoms with E-state index in [4.69, 9.17) is 5.11 Å². The Hall–Kier alpha value is -1.65. The quantitative estimate of drug-likeness (QED) is 0.791. The lowest BCUT2D eigenvalue weighted by Crippen LogP contribution is -1.95. The van der Waals surface area contributed by atoms with Crippen LogP contribution in [0, 0.1) is 0 Å². The van der Waals surface area contributed by atoms with Crippen LogP contribution in [0.15, 0.2) is 52.3 Å². The van der Waals surface area contributed by atoms with Crippen molar-refractivity contribution in [3.63, 3.8) is 0 Å². The van der Waals surface area contributed by atoms with Crippen molar-refractivity contribution in [1.29, 1.82) is 0 Å². The molecule has 0 saturated carbocycles. The van der Waals surface area contributed by atoms with E-state index in [0.29, 0.717) is 5.56 Å². The number of rotatable bonds is 3. The van der Waals surface area contributed by atoms with Crippen molar-refractivity contribution in [1.82, 2.24) is 0 Å². The predicted octanol–water partition coefficient (Wildman–Crippen LogP) is 5.14. The molecule has 0 radical (unpaired) electrons. The normalized spacial score (nSPS) is 14.5. The second kappa shape index (κ2) is 6.63. The Kier molecular flexibility index (Phi) is 4.60. The first-order valence-corrected chi connectivity index (χ1v) is 9.02. The van der Waals surface area contributed by atoms with Gasteiger partial charge >= 0.3 is 5.97 Å². The molecule has 4 heteroatoms. The fourth-order valence-corrected chi connectivity index (χ4v) is 4.59. The van der Waals surface area contributed by atoms with E-state index >= 15 is 0 Å². The summed E-state index contributed by atoms with van der Waals surface area (Å²) in [4.78, 5) is 13.6. The molecule has 0 spiro atoms. The Labute approximate surface area is 138 Å². The molecule has 0 bridgehead atoms. The average Bonchev–Trinajstić information content (AvgIpc) is 2.55. The van der Waals surface area contributed by atoms with Gasteiger partial charge in [-0.3, -0.25) is 0 Å². The van der Waals surface area contributed by atoms with Crippen LogP contribution in [0.2, 0.25) is 0 Å². The van der Waals surface area contributed by atoms with E-state index in [2.05, 4.69) is 31.2 Å². The van der Waals surface area contributed by atoms with E-state index in [1.807, 2.05) is 35.7 Å². The van der Waals surface area contributed by atoms with Crippen LogP contribution in [0.5, 0.6) is 0 Å². The number of aromatic carboxylic acids is 1. The molecule has 22 heavy (non-hydrogen) atoms. The van der Waals surface area contributed by atoms with Crippen LogP contribution in [0.25, 0.3) is 11.6 Å². The number of fused-ring (bicyclic) bond motifs is 1. The molecule has 1 aliphatic heterocycles. The highest BCUT2D eigenvalue weighted by Crippen LogP contribution is 2.38. The Morgan fingerprint density at radius 2 is 1.64 bits per heavy atom. The third kappa shape index (κ3) is 3.39. The Morgan fingerprint density at radius 3 is 2.32 bits per heavy atom. The molecule has 1 N–H and O–H groups in total. The Morgan fingerprint density at radius 1 is 1.00 bits per heavy atom. The molecule has 1 heterocycles. The summed E-state index contributed by atoms with van der Waals surface area (Å²) in [6.07, 6.45) is 2.09. The zero-order chi connectivity index (χ0) is 15.5. The lowest BCUT2D eigenvalue weighted by molar-refractivity contribution is 0.0697. The molecule has 0 fully saturated rings. The van der Waals surface area contributed by atoms with Gasteiger partial charge in [0.05, 0.1) is 5.56 Å². The smallest absolute Gasteiger partial charge is 0.335 e. The maximum atomic E-state index is 10.9. The lowest BCUT2D eigenvalue weighted by Gasteiger charge is -2.15. The van der Waals surface area contributed by atoms with Crippen LogP contribution < -0.4 is 0 Å². The van der Waals surface area contributed by atoms with Crippen molar-refractivity contribution in [2.24, 2.45) is 0 Å². The topological polar surface area (TPSA) is 37.3 Å². The minimum absolute atomic E-state index is 0.317. The van der Waals surface area contributed by atoms with Gasteiger partial charge in [0.1, 0.15) is 0 Å². The zero-order valence-electron chi connectivity index (χ0n) is 12.2. The number of hydrogen-bond donors (Lipinski definition) is 1. The summed E-state index contributed by atoms with van der Waals surface area (Å²) in [5, 5.41) is 8.93. The summed E-state index contributed by atoms with van der Waals surface area (Å²) in [6, 6.07) is 13.6. The van der Waals surface area contributed by atoms with Crippen LogP contribution in [-0.4, -0.2) is 22.6 Å². The van der Waals surface area contributed by atoms with Gasteiger partial charge in [-0.25, -0.2) is 4.79 Å². The number of thioether (sulfide) groups is 2. The van der Waals surface area contributed by atoms with Gasteiger partial charge in [-0.05, 0) is 47.9 Å². The molecule has 0 aromatic heterocycles. The second-order valence-electron chi connectivity index (χ2n) is 5.11. The molecule has 1 aliphatic rings. The second-order valence-corrected chi connectivity index (χ2v) is 7.39. The van der Waals surface area contributed by atoms with E-state index in [9.17, 15) is 4.79 Å². The Balaban J connectivity index is 1.86. The van der Waals surface area contributed by atoms with Gasteiger partial charge in [0.25, 0.3) is 0 Å².